The highest BCUT2D eigenvalue weighted by Crippen LogP contribution is 2.24. The standard InChI is InChI=1S/C18H19N5O3S2/c1-2-3-7-22-16(25)15-13(6-9-27-15)23-17(22)20-21-18(23)28-11-14(24)19-10-12-5-4-8-26-12/h4-6,8-9H,2-3,7,10-11H2,1H3,(H,19,24). The fourth-order valence-corrected chi connectivity index (χ4v) is 4.49. The van der Waals surface area contributed by atoms with Crippen molar-refractivity contribution in [3.8, 4) is 0 Å². The smallest absolute Gasteiger partial charge is 0.272 e. The van der Waals surface area contributed by atoms with Crippen molar-refractivity contribution in [1.29, 1.82) is 0 Å². The minimum atomic E-state index is -0.126. The average Bonchev–Trinajstić information content (AvgIpc) is 3.44. The van der Waals surface area contributed by atoms with Crippen molar-refractivity contribution in [3.63, 3.8) is 0 Å². The number of thioether (sulfide) groups is 1. The van der Waals surface area contributed by atoms with Gasteiger partial charge in [-0.1, -0.05) is 25.1 Å². The van der Waals surface area contributed by atoms with Gasteiger partial charge in [-0.05, 0) is 30.0 Å². The van der Waals surface area contributed by atoms with Crippen LogP contribution in [-0.4, -0.2) is 30.8 Å². The third-order valence-electron chi connectivity index (χ3n) is 4.29. The molecular weight excluding hydrogens is 398 g/mol. The van der Waals surface area contributed by atoms with E-state index in [9.17, 15) is 9.59 Å². The molecule has 0 aromatic carbocycles. The van der Waals surface area contributed by atoms with Gasteiger partial charge >= 0.3 is 0 Å². The Balaban J connectivity index is 1.58. The van der Waals surface area contributed by atoms with Crippen molar-refractivity contribution in [1.82, 2.24) is 24.5 Å². The number of aryl methyl sites for hydroxylation is 1. The average molecular weight is 418 g/mol. The summed E-state index contributed by atoms with van der Waals surface area (Å²) in [5.41, 5.74) is 0.743. The largest absolute Gasteiger partial charge is 0.467 e. The molecule has 1 N–H and O–H groups in total. The van der Waals surface area contributed by atoms with Crippen molar-refractivity contribution in [2.24, 2.45) is 0 Å². The number of amides is 1. The molecule has 0 fully saturated rings. The van der Waals surface area contributed by atoms with Crippen LogP contribution in [0.5, 0.6) is 0 Å². The highest BCUT2D eigenvalue weighted by molar-refractivity contribution is 7.99. The summed E-state index contributed by atoms with van der Waals surface area (Å²) in [6.07, 6.45) is 3.44. The van der Waals surface area contributed by atoms with Gasteiger partial charge in [0.1, 0.15) is 10.5 Å². The normalized spacial score (nSPS) is 11.5. The van der Waals surface area contributed by atoms with Crippen LogP contribution in [0.3, 0.4) is 0 Å². The lowest BCUT2D eigenvalue weighted by Gasteiger charge is -2.08. The van der Waals surface area contributed by atoms with Crippen LogP contribution >= 0.6 is 23.1 Å². The lowest BCUT2D eigenvalue weighted by Crippen LogP contribution is -2.24. The Labute approximate surface area is 168 Å². The highest BCUT2D eigenvalue weighted by atomic mass is 32.2. The summed E-state index contributed by atoms with van der Waals surface area (Å²) in [6.45, 7) is 3.02. The fourth-order valence-electron chi connectivity index (χ4n) is 2.89. The molecule has 4 aromatic heterocycles. The third kappa shape index (κ3) is 3.57. The number of furan rings is 1. The number of hydrogen-bond acceptors (Lipinski definition) is 7. The zero-order chi connectivity index (χ0) is 19.5. The second-order valence-corrected chi connectivity index (χ2v) is 8.07. The third-order valence-corrected chi connectivity index (χ3v) is 6.11. The van der Waals surface area contributed by atoms with Crippen LogP contribution in [0.25, 0.3) is 16.0 Å². The molecule has 4 rings (SSSR count). The number of nitrogens with zero attached hydrogens (tertiary/aromatic N) is 4. The Morgan fingerprint density at radius 2 is 2.25 bits per heavy atom. The molecule has 28 heavy (non-hydrogen) atoms. The van der Waals surface area contributed by atoms with Crippen LogP contribution in [0.15, 0.2) is 44.2 Å². The predicted molar refractivity (Wildman–Crippen MR) is 109 cm³/mol. The summed E-state index contributed by atoms with van der Waals surface area (Å²) in [4.78, 5) is 25.0. The molecule has 4 heterocycles. The summed E-state index contributed by atoms with van der Waals surface area (Å²) < 4.78 is 9.43. The molecule has 146 valence electrons. The van der Waals surface area contributed by atoms with E-state index >= 15 is 0 Å². The maximum atomic E-state index is 12.8. The van der Waals surface area contributed by atoms with E-state index in [0.29, 0.717) is 34.5 Å². The van der Waals surface area contributed by atoms with Gasteiger partial charge in [0.2, 0.25) is 11.7 Å². The molecule has 8 nitrogen and oxygen atoms in total. The summed E-state index contributed by atoms with van der Waals surface area (Å²) in [6, 6.07) is 5.48. The number of carbonyl (C=O) groups excluding carboxylic acids is 1. The number of aromatic nitrogens is 4. The summed E-state index contributed by atoms with van der Waals surface area (Å²) in [5.74, 6) is 1.29. The van der Waals surface area contributed by atoms with E-state index in [0.717, 1.165) is 18.4 Å². The quantitative estimate of drug-likeness (QED) is 0.443. The number of thiophene rings is 1. The van der Waals surface area contributed by atoms with Gasteiger partial charge in [-0.2, -0.15) is 0 Å². The molecule has 0 saturated heterocycles. The molecule has 0 aliphatic rings. The van der Waals surface area contributed by atoms with Gasteiger partial charge in [0.25, 0.3) is 5.56 Å². The van der Waals surface area contributed by atoms with Crippen LogP contribution in [0, 0.1) is 0 Å². The van der Waals surface area contributed by atoms with Crippen molar-refractivity contribution in [3.05, 3.63) is 46.0 Å². The van der Waals surface area contributed by atoms with Crippen LogP contribution < -0.4 is 10.9 Å². The molecule has 0 spiro atoms. The number of nitrogens with one attached hydrogen (secondary N) is 1. The Kier molecular flexibility index (Phi) is 5.49. The SMILES string of the molecule is CCCCn1c(=O)c2sccc2n2c(SCC(=O)NCc3ccco3)nnc12. The lowest BCUT2D eigenvalue weighted by atomic mass is 10.3. The van der Waals surface area contributed by atoms with Gasteiger partial charge < -0.3 is 9.73 Å². The molecular formula is C18H19N5O3S2. The molecule has 4 aromatic rings. The fraction of sp³-hybridized carbons (Fsp3) is 0.333. The topological polar surface area (TPSA) is 94.4 Å². The van der Waals surface area contributed by atoms with Crippen molar-refractivity contribution in [2.75, 3.05) is 5.75 Å². The van der Waals surface area contributed by atoms with Crippen LogP contribution in [-0.2, 0) is 17.9 Å². The van der Waals surface area contributed by atoms with E-state index in [4.69, 9.17) is 4.42 Å². The van der Waals surface area contributed by atoms with Crippen molar-refractivity contribution >= 4 is 45.0 Å². The van der Waals surface area contributed by atoms with E-state index < -0.39 is 0 Å². The molecule has 0 unspecified atom stereocenters. The van der Waals surface area contributed by atoms with Gasteiger partial charge in [-0.15, -0.1) is 21.5 Å². The van der Waals surface area contributed by atoms with E-state index in [1.54, 1.807) is 16.9 Å². The number of fused-ring (bicyclic) bond motifs is 3. The van der Waals surface area contributed by atoms with E-state index in [2.05, 4.69) is 22.4 Å². The molecule has 0 saturated carbocycles. The summed E-state index contributed by atoms with van der Waals surface area (Å²) in [7, 11) is 0. The first-order valence-corrected chi connectivity index (χ1v) is 10.8. The molecule has 0 bridgehead atoms. The Morgan fingerprint density at radius 1 is 1.36 bits per heavy atom. The minimum absolute atomic E-state index is 0.0360. The number of carbonyl (C=O) groups is 1. The molecule has 0 atom stereocenters. The summed E-state index contributed by atoms with van der Waals surface area (Å²) >= 11 is 2.71. The van der Waals surface area contributed by atoms with E-state index in [1.807, 2.05) is 21.9 Å². The maximum absolute atomic E-state index is 12.8. The predicted octanol–water partition coefficient (Wildman–Crippen LogP) is 2.91. The molecule has 0 aliphatic carbocycles. The van der Waals surface area contributed by atoms with Gasteiger partial charge in [-0.3, -0.25) is 18.6 Å². The molecule has 0 aliphatic heterocycles. The van der Waals surface area contributed by atoms with E-state index in [1.165, 1.54) is 23.1 Å². The second-order valence-electron chi connectivity index (χ2n) is 6.21. The zero-order valence-corrected chi connectivity index (χ0v) is 16.9. The number of unbranched alkanes of at least 4 members (excludes halogenated alkanes) is 1. The first-order valence-electron chi connectivity index (χ1n) is 8.96. The Morgan fingerprint density at radius 3 is 3.04 bits per heavy atom. The highest BCUT2D eigenvalue weighted by Gasteiger charge is 2.18. The first-order chi connectivity index (χ1) is 13.7. The van der Waals surface area contributed by atoms with Gasteiger partial charge in [0, 0.05) is 6.54 Å². The monoisotopic (exact) mass is 417 g/mol. The first kappa shape index (κ1) is 18.8. The van der Waals surface area contributed by atoms with Crippen molar-refractivity contribution < 1.29 is 9.21 Å². The minimum Gasteiger partial charge on any atom is -0.467 e. The van der Waals surface area contributed by atoms with Crippen molar-refractivity contribution in [2.45, 2.75) is 38.0 Å². The van der Waals surface area contributed by atoms with E-state index in [-0.39, 0.29) is 17.2 Å². The Hall–Kier alpha value is -2.59. The number of rotatable bonds is 8. The Bertz CT molecular complexity index is 1160. The van der Waals surface area contributed by atoms with Crippen LogP contribution in [0.1, 0.15) is 25.5 Å². The number of hydrogen-bond donors (Lipinski definition) is 1. The lowest BCUT2D eigenvalue weighted by molar-refractivity contribution is -0.118. The zero-order valence-electron chi connectivity index (χ0n) is 15.3. The second kappa shape index (κ2) is 8.19. The maximum Gasteiger partial charge on any atom is 0.272 e. The van der Waals surface area contributed by atoms with Crippen LogP contribution in [0.2, 0.25) is 0 Å². The molecule has 0 radical (unpaired) electrons. The van der Waals surface area contributed by atoms with Crippen LogP contribution in [0.4, 0.5) is 0 Å². The van der Waals surface area contributed by atoms with Gasteiger partial charge in [-0.25, -0.2) is 0 Å². The van der Waals surface area contributed by atoms with Gasteiger partial charge in [0.15, 0.2) is 5.16 Å². The molecule has 10 heteroatoms. The van der Waals surface area contributed by atoms with Gasteiger partial charge in [0.05, 0.1) is 24.1 Å². The summed E-state index contributed by atoms with van der Waals surface area (Å²) in [5, 5.41) is 13.8. The molecule has 1 amide bonds.